The first-order valence-corrected chi connectivity index (χ1v) is 9.74. The molecule has 1 atom stereocenters. The zero-order valence-electron chi connectivity index (χ0n) is 15.3. The molecule has 1 aliphatic carbocycles. The van der Waals surface area contributed by atoms with E-state index in [1.807, 2.05) is 21.7 Å². The van der Waals surface area contributed by atoms with Crippen LogP contribution in [0.3, 0.4) is 0 Å². The summed E-state index contributed by atoms with van der Waals surface area (Å²) in [5.74, 6) is 0.877. The number of aromatic hydroxyl groups is 1. The highest BCUT2D eigenvalue weighted by atomic mass is 16.3. The number of carbonyl (C=O) groups is 1. The van der Waals surface area contributed by atoms with E-state index in [-0.39, 0.29) is 11.9 Å². The fraction of sp³-hybridized carbons (Fsp3) is 0.429. The van der Waals surface area contributed by atoms with E-state index >= 15 is 0 Å². The average molecular weight is 364 g/mol. The first kappa shape index (κ1) is 16.6. The number of rotatable bonds is 3. The van der Waals surface area contributed by atoms with Crippen molar-refractivity contribution in [2.45, 2.75) is 37.6 Å². The summed E-state index contributed by atoms with van der Waals surface area (Å²) in [4.78, 5) is 13.9. The lowest BCUT2D eigenvalue weighted by Gasteiger charge is -2.28. The predicted molar refractivity (Wildman–Crippen MR) is 102 cm³/mol. The number of hydrogen-bond acceptors (Lipinski definition) is 4. The zero-order chi connectivity index (χ0) is 18.5. The standard InChI is InChI=1S/C21H24N4O2/c1-2-20(27)24-10-8-15-21-16(12-24)22-9-7-18(21)25(23-15)17-6-5-14(11-19(17)26)13-3-4-13/h2,5-6,11,13,16,22,26H,1,3-4,7-10,12H2. The van der Waals surface area contributed by atoms with Gasteiger partial charge in [0, 0.05) is 38.0 Å². The molecule has 0 radical (unpaired) electrons. The third-order valence-electron chi connectivity index (χ3n) is 5.98. The molecule has 6 heteroatoms. The SMILES string of the molecule is C=CC(=O)N1CCc2nn(-c3ccc(C4CC4)cc3O)c3c2C(C1)NCC3. The Kier molecular flexibility index (Phi) is 3.82. The molecule has 2 N–H and O–H groups in total. The van der Waals surface area contributed by atoms with Crippen LogP contribution in [0.5, 0.6) is 5.75 Å². The summed E-state index contributed by atoms with van der Waals surface area (Å²) in [5, 5.41) is 19.0. The van der Waals surface area contributed by atoms with E-state index in [2.05, 4.69) is 18.0 Å². The van der Waals surface area contributed by atoms with Crippen LogP contribution in [0, 0.1) is 0 Å². The Morgan fingerprint density at radius 2 is 2.19 bits per heavy atom. The van der Waals surface area contributed by atoms with Gasteiger partial charge in [-0.15, -0.1) is 0 Å². The molecule has 1 unspecified atom stereocenters. The molecule has 5 rings (SSSR count). The Morgan fingerprint density at radius 1 is 1.33 bits per heavy atom. The molecule has 0 bridgehead atoms. The monoisotopic (exact) mass is 364 g/mol. The summed E-state index contributed by atoms with van der Waals surface area (Å²) in [5.41, 5.74) is 5.34. The van der Waals surface area contributed by atoms with E-state index in [1.165, 1.54) is 30.0 Å². The zero-order valence-corrected chi connectivity index (χ0v) is 15.3. The van der Waals surface area contributed by atoms with Crippen molar-refractivity contribution >= 4 is 5.91 Å². The third-order valence-corrected chi connectivity index (χ3v) is 5.98. The quantitative estimate of drug-likeness (QED) is 0.820. The molecule has 1 saturated carbocycles. The van der Waals surface area contributed by atoms with E-state index in [0.29, 0.717) is 31.2 Å². The van der Waals surface area contributed by atoms with Gasteiger partial charge in [0.05, 0.1) is 17.4 Å². The largest absolute Gasteiger partial charge is 0.506 e. The molecular formula is C21H24N4O2. The second-order valence-corrected chi connectivity index (χ2v) is 7.74. The van der Waals surface area contributed by atoms with Crippen LogP contribution < -0.4 is 5.32 Å². The number of aromatic nitrogens is 2. The maximum atomic E-state index is 12.1. The molecule has 2 aromatic rings. The lowest BCUT2D eigenvalue weighted by atomic mass is 9.98. The molecule has 2 aliphatic heterocycles. The topological polar surface area (TPSA) is 70.4 Å². The van der Waals surface area contributed by atoms with Gasteiger partial charge in [-0.3, -0.25) is 4.79 Å². The fourth-order valence-electron chi connectivity index (χ4n) is 4.44. The van der Waals surface area contributed by atoms with Crippen LogP contribution in [0.4, 0.5) is 0 Å². The Bertz CT molecular complexity index is 929. The second kappa shape index (κ2) is 6.23. The van der Waals surface area contributed by atoms with Crippen molar-refractivity contribution in [2.24, 2.45) is 0 Å². The highest BCUT2D eigenvalue weighted by Gasteiger charge is 2.34. The molecule has 1 aromatic heterocycles. The van der Waals surface area contributed by atoms with Gasteiger partial charge in [0.1, 0.15) is 11.4 Å². The number of nitrogens with zero attached hydrogens (tertiary/aromatic N) is 3. The summed E-state index contributed by atoms with van der Waals surface area (Å²) in [7, 11) is 0. The molecule has 1 aromatic carbocycles. The number of carbonyl (C=O) groups excluding carboxylic acids is 1. The van der Waals surface area contributed by atoms with E-state index in [0.717, 1.165) is 30.0 Å². The van der Waals surface area contributed by atoms with Gasteiger partial charge in [0.25, 0.3) is 0 Å². The summed E-state index contributed by atoms with van der Waals surface area (Å²) < 4.78 is 1.93. The van der Waals surface area contributed by atoms with Crippen molar-refractivity contribution < 1.29 is 9.90 Å². The summed E-state index contributed by atoms with van der Waals surface area (Å²) >= 11 is 0. The average Bonchev–Trinajstić information content (AvgIpc) is 3.48. The summed E-state index contributed by atoms with van der Waals surface area (Å²) in [6, 6.07) is 6.10. The minimum absolute atomic E-state index is 0.0322. The Hall–Kier alpha value is -2.60. The molecule has 27 heavy (non-hydrogen) atoms. The lowest BCUT2D eigenvalue weighted by molar-refractivity contribution is -0.126. The van der Waals surface area contributed by atoms with E-state index in [9.17, 15) is 9.90 Å². The first-order valence-electron chi connectivity index (χ1n) is 9.74. The number of phenolic OH excluding ortho intramolecular Hbond substituents is 1. The number of benzene rings is 1. The van der Waals surface area contributed by atoms with Crippen molar-refractivity contribution in [3.05, 3.63) is 53.4 Å². The van der Waals surface area contributed by atoms with E-state index < -0.39 is 0 Å². The van der Waals surface area contributed by atoms with Crippen LogP contribution in [0.25, 0.3) is 5.69 Å². The maximum Gasteiger partial charge on any atom is 0.246 e. The van der Waals surface area contributed by atoms with Crippen LogP contribution in [0.2, 0.25) is 0 Å². The lowest BCUT2D eigenvalue weighted by Crippen LogP contribution is -2.40. The molecule has 3 heterocycles. The van der Waals surface area contributed by atoms with Gasteiger partial charge in [-0.1, -0.05) is 12.6 Å². The highest BCUT2D eigenvalue weighted by molar-refractivity contribution is 5.87. The number of hydrogen-bond donors (Lipinski definition) is 2. The summed E-state index contributed by atoms with van der Waals surface area (Å²) in [6.45, 7) is 5.71. The van der Waals surface area contributed by atoms with Gasteiger partial charge in [-0.05, 0) is 42.5 Å². The smallest absolute Gasteiger partial charge is 0.246 e. The molecule has 0 spiro atoms. The van der Waals surface area contributed by atoms with Crippen molar-refractivity contribution in [1.82, 2.24) is 20.0 Å². The fourth-order valence-corrected chi connectivity index (χ4v) is 4.44. The summed E-state index contributed by atoms with van der Waals surface area (Å²) in [6.07, 6.45) is 5.39. The van der Waals surface area contributed by atoms with Crippen LogP contribution in [0.15, 0.2) is 30.9 Å². The Morgan fingerprint density at radius 3 is 2.93 bits per heavy atom. The van der Waals surface area contributed by atoms with Gasteiger partial charge < -0.3 is 15.3 Å². The molecule has 140 valence electrons. The Labute approximate surface area is 158 Å². The molecule has 6 nitrogen and oxygen atoms in total. The Balaban J connectivity index is 1.54. The van der Waals surface area contributed by atoms with Crippen molar-refractivity contribution in [2.75, 3.05) is 19.6 Å². The number of phenols is 1. The molecule has 0 saturated heterocycles. The predicted octanol–water partition coefficient (Wildman–Crippen LogP) is 2.21. The first-order chi connectivity index (χ1) is 13.2. The number of amides is 1. The highest BCUT2D eigenvalue weighted by Crippen LogP contribution is 2.42. The van der Waals surface area contributed by atoms with Crippen molar-refractivity contribution in [3.63, 3.8) is 0 Å². The second-order valence-electron chi connectivity index (χ2n) is 7.74. The van der Waals surface area contributed by atoms with Crippen molar-refractivity contribution in [3.8, 4) is 11.4 Å². The van der Waals surface area contributed by atoms with Gasteiger partial charge >= 0.3 is 0 Å². The van der Waals surface area contributed by atoms with Crippen LogP contribution in [0.1, 0.15) is 47.3 Å². The molecule has 3 aliphatic rings. The van der Waals surface area contributed by atoms with Gasteiger partial charge in [0.2, 0.25) is 5.91 Å². The van der Waals surface area contributed by atoms with Crippen LogP contribution in [-0.4, -0.2) is 45.3 Å². The van der Waals surface area contributed by atoms with Gasteiger partial charge in [-0.25, -0.2) is 4.68 Å². The van der Waals surface area contributed by atoms with Crippen LogP contribution in [-0.2, 0) is 17.6 Å². The maximum absolute atomic E-state index is 12.1. The minimum atomic E-state index is -0.0322. The van der Waals surface area contributed by atoms with Gasteiger partial charge in [-0.2, -0.15) is 5.10 Å². The number of nitrogens with one attached hydrogen (secondary N) is 1. The minimum Gasteiger partial charge on any atom is -0.506 e. The molecule has 1 fully saturated rings. The van der Waals surface area contributed by atoms with Crippen LogP contribution >= 0.6 is 0 Å². The van der Waals surface area contributed by atoms with E-state index in [1.54, 1.807) is 0 Å². The molecule has 1 amide bonds. The third kappa shape index (κ3) is 2.75. The van der Waals surface area contributed by atoms with E-state index in [4.69, 9.17) is 5.10 Å². The van der Waals surface area contributed by atoms with Crippen molar-refractivity contribution in [1.29, 1.82) is 0 Å². The normalized spacial score (nSPS) is 21.5. The van der Waals surface area contributed by atoms with Gasteiger partial charge in [0.15, 0.2) is 0 Å². The molecular weight excluding hydrogens is 340 g/mol.